The van der Waals surface area contributed by atoms with Crippen LogP contribution < -0.4 is 0 Å². The maximum Gasteiger partial charge on any atom is 0.0594 e. The molecule has 3 aliphatic rings. The van der Waals surface area contributed by atoms with Gasteiger partial charge in [-0.1, -0.05) is 36.8 Å². The highest BCUT2D eigenvalue weighted by Crippen LogP contribution is 2.29. The smallest absolute Gasteiger partial charge is 0.0594 e. The third kappa shape index (κ3) is 3.99. The van der Waals surface area contributed by atoms with Gasteiger partial charge in [0.05, 0.1) is 13.2 Å². The summed E-state index contributed by atoms with van der Waals surface area (Å²) in [5.41, 5.74) is 1.46. The summed E-state index contributed by atoms with van der Waals surface area (Å²) in [6.07, 6.45) is 4.18. The Kier molecular flexibility index (Phi) is 5.48. The van der Waals surface area contributed by atoms with Gasteiger partial charge in [0.15, 0.2) is 0 Å². The molecule has 1 aromatic rings. The van der Waals surface area contributed by atoms with Crippen molar-refractivity contribution < 1.29 is 4.74 Å². The lowest BCUT2D eigenvalue weighted by molar-refractivity contribution is -0.0250. The van der Waals surface area contributed by atoms with E-state index in [0.29, 0.717) is 0 Å². The Labute approximate surface area is 146 Å². The summed E-state index contributed by atoms with van der Waals surface area (Å²) in [7, 11) is 0. The minimum absolute atomic E-state index is 0.766. The zero-order valence-electron chi connectivity index (χ0n) is 14.8. The van der Waals surface area contributed by atoms with Crippen molar-refractivity contribution in [2.45, 2.75) is 37.9 Å². The van der Waals surface area contributed by atoms with Gasteiger partial charge in [0, 0.05) is 57.9 Å². The normalized spacial score (nSPS) is 29.7. The molecular formula is C20H31N3O. The van der Waals surface area contributed by atoms with E-state index in [-0.39, 0.29) is 0 Å². The summed E-state index contributed by atoms with van der Waals surface area (Å²) in [6.45, 7) is 10.1. The SMILES string of the molecule is c1ccc(CN2CC3CCCC(C2)N3CCN2CCOCC2)cc1. The van der Waals surface area contributed by atoms with E-state index >= 15 is 0 Å². The maximum atomic E-state index is 5.47. The molecule has 4 heteroatoms. The minimum Gasteiger partial charge on any atom is -0.379 e. The molecule has 24 heavy (non-hydrogen) atoms. The van der Waals surface area contributed by atoms with Gasteiger partial charge in [-0.3, -0.25) is 14.7 Å². The van der Waals surface area contributed by atoms with Crippen LogP contribution in [0.4, 0.5) is 0 Å². The largest absolute Gasteiger partial charge is 0.379 e. The molecule has 3 aliphatic heterocycles. The number of piperidine rings is 1. The van der Waals surface area contributed by atoms with Crippen molar-refractivity contribution in [3.63, 3.8) is 0 Å². The van der Waals surface area contributed by atoms with Gasteiger partial charge < -0.3 is 4.74 Å². The average Bonchev–Trinajstić information content (AvgIpc) is 2.61. The number of piperazine rings is 1. The molecule has 0 aliphatic carbocycles. The van der Waals surface area contributed by atoms with Gasteiger partial charge in [-0.25, -0.2) is 0 Å². The maximum absolute atomic E-state index is 5.47. The van der Waals surface area contributed by atoms with Gasteiger partial charge in [0.2, 0.25) is 0 Å². The van der Waals surface area contributed by atoms with Crippen molar-refractivity contribution in [3.05, 3.63) is 35.9 Å². The van der Waals surface area contributed by atoms with E-state index in [4.69, 9.17) is 4.74 Å². The second kappa shape index (κ2) is 7.96. The lowest BCUT2D eigenvalue weighted by atomic mass is 9.91. The highest BCUT2D eigenvalue weighted by Gasteiger charge is 2.37. The Hall–Kier alpha value is -0.940. The summed E-state index contributed by atoms with van der Waals surface area (Å²) in [5, 5.41) is 0. The molecule has 0 aromatic heterocycles. The number of nitrogens with zero attached hydrogens (tertiary/aromatic N) is 3. The molecule has 0 spiro atoms. The van der Waals surface area contributed by atoms with E-state index < -0.39 is 0 Å². The van der Waals surface area contributed by atoms with Crippen molar-refractivity contribution in [1.29, 1.82) is 0 Å². The van der Waals surface area contributed by atoms with Gasteiger partial charge in [0.1, 0.15) is 0 Å². The van der Waals surface area contributed by atoms with Crippen molar-refractivity contribution >= 4 is 0 Å². The van der Waals surface area contributed by atoms with Gasteiger partial charge in [0.25, 0.3) is 0 Å². The summed E-state index contributed by atoms with van der Waals surface area (Å²) >= 11 is 0. The molecule has 0 N–H and O–H groups in total. The third-order valence-corrected chi connectivity index (χ3v) is 5.98. The fourth-order valence-electron chi connectivity index (χ4n) is 4.70. The van der Waals surface area contributed by atoms with Crippen molar-refractivity contribution in [2.24, 2.45) is 0 Å². The second-order valence-corrected chi connectivity index (χ2v) is 7.61. The summed E-state index contributed by atoms with van der Waals surface area (Å²) in [4.78, 5) is 8.10. The van der Waals surface area contributed by atoms with Gasteiger partial charge in [-0.05, 0) is 18.4 Å². The van der Waals surface area contributed by atoms with Crippen molar-refractivity contribution in [2.75, 3.05) is 52.5 Å². The number of morpholine rings is 1. The van der Waals surface area contributed by atoms with Crippen LogP contribution in [0.15, 0.2) is 30.3 Å². The van der Waals surface area contributed by atoms with E-state index in [1.807, 2.05) is 0 Å². The van der Waals surface area contributed by atoms with Gasteiger partial charge in [-0.2, -0.15) is 0 Å². The molecule has 3 fully saturated rings. The van der Waals surface area contributed by atoms with E-state index in [9.17, 15) is 0 Å². The van der Waals surface area contributed by atoms with Crippen LogP contribution in [-0.4, -0.2) is 79.3 Å². The third-order valence-electron chi connectivity index (χ3n) is 5.98. The first kappa shape index (κ1) is 16.5. The standard InChI is InChI=1S/C20H31N3O/c1-2-5-18(6-3-1)15-22-16-19-7-4-8-20(17-22)23(19)10-9-21-11-13-24-14-12-21/h1-3,5-6,19-20H,4,7-17H2. The average molecular weight is 329 g/mol. The lowest BCUT2D eigenvalue weighted by Gasteiger charge is -2.50. The zero-order valence-corrected chi connectivity index (χ0v) is 14.8. The molecular weight excluding hydrogens is 298 g/mol. The van der Waals surface area contributed by atoms with E-state index in [0.717, 1.165) is 44.9 Å². The fraction of sp³-hybridized carbons (Fsp3) is 0.700. The predicted octanol–water partition coefficient (Wildman–Crippen LogP) is 2.06. The molecule has 132 valence electrons. The summed E-state index contributed by atoms with van der Waals surface area (Å²) in [6, 6.07) is 12.5. The second-order valence-electron chi connectivity index (χ2n) is 7.61. The van der Waals surface area contributed by atoms with Crippen LogP contribution in [0.25, 0.3) is 0 Å². The van der Waals surface area contributed by atoms with Crippen LogP contribution in [-0.2, 0) is 11.3 Å². The highest BCUT2D eigenvalue weighted by molar-refractivity contribution is 5.14. The molecule has 1 aromatic carbocycles. The van der Waals surface area contributed by atoms with Crippen LogP contribution in [0, 0.1) is 0 Å². The Morgan fingerprint density at radius 2 is 1.58 bits per heavy atom. The zero-order chi connectivity index (χ0) is 16.2. The Bertz CT molecular complexity index is 489. The fourth-order valence-corrected chi connectivity index (χ4v) is 4.70. The number of hydrogen-bond donors (Lipinski definition) is 0. The van der Waals surface area contributed by atoms with Crippen LogP contribution in [0.5, 0.6) is 0 Å². The molecule has 0 radical (unpaired) electrons. The van der Waals surface area contributed by atoms with Crippen molar-refractivity contribution in [1.82, 2.24) is 14.7 Å². The monoisotopic (exact) mass is 329 g/mol. The number of benzene rings is 1. The molecule has 4 nitrogen and oxygen atoms in total. The molecule has 2 atom stereocenters. The van der Waals surface area contributed by atoms with E-state index in [1.165, 1.54) is 51.0 Å². The first-order valence-electron chi connectivity index (χ1n) is 9.70. The lowest BCUT2D eigenvalue weighted by Crippen LogP contribution is -2.61. The van der Waals surface area contributed by atoms with Gasteiger partial charge in [-0.15, -0.1) is 0 Å². The molecule has 3 saturated heterocycles. The summed E-state index contributed by atoms with van der Waals surface area (Å²) in [5.74, 6) is 0. The first-order valence-corrected chi connectivity index (χ1v) is 9.70. The molecule has 3 heterocycles. The number of hydrogen-bond acceptors (Lipinski definition) is 4. The first-order chi connectivity index (χ1) is 11.9. The van der Waals surface area contributed by atoms with Crippen LogP contribution >= 0.6 is 0 Å². The topological polar surface area (TPSA) is 19.0 Å². The van der Waals surface area contributed by atoms with E-state index in [2.05, 4.69) is 45.0 Å². The molecule has 0 saturated carbocycles. The Morgan fingerprint density at radius 1 is 0.875 bits per heavy atom. The van der Waals surface area contributed by atoms with E-state index in [1.54, 1.807) is 0 Å². The van der Waals surface area contributed by atoms with Gasteiger partial charge >= 0.3 is 0 Å². The Balaban J connectivity index is 1.32. The van der Waals surface area contributed by atoms with Crippen LogP contribution in [0.2, 0.25) is 0 Å². The molecule has 0 amide bonds. The number of rotatable bonds is 5. The predicted molar refractivity (Wildman–Crippen MR) is 97.1 cm³/mol. The number of ether oxygens (including phenoxy) is 1. The van der Waals surface area contributed by atoms with Crippen molar-refractivity contribution in [3.8, 4) is 0 Å². The molecule has 2 bridgehead atoms. The number of likely N-dealkylation sites (tertiary alicyclic amines) is 1. The van der Waals surface area contributed by atoms with Crippen LogP contribution in [0.3, 0.4) is 0 Å². The summed E-state index contributed by atoms with van der Waals surface area (Å²) < 4.78 is 5.47. The molecule has 2 unspecified atom stereocenters. The molecule has 4 rings (SSSR count). The van der Waals surface area contributed by atoms with Crippen LogP contribution in [0.1, 0.15) is 24.8 Å². The Morgan fingerprint density at radius 3 is 2.29 bits per heavy atom. The number of fused-ring (bicyclic) bond motifs is 2. The quantitative estimate of drug-likeness (QED) is 0.823. The minimum atomic E-state index is 0.766. The highest BCUT2D eigenvalue weighted by atomic mass is 16.5.